The molecular formula is C18H14O2. The zero-order valence-electron chi connectivity index (χ0n) is 10.9. The molecule has 0 saturated carbocycles. The van der Waals surface area contributed by atoms with E-state index in [0.717, 1.165) is 11.1 Å². The van der Waals surface area contributed by atoms with E-state index >= 15 is 0 Å². The fraction of sp³-hybridized carbons (Fsp3) is 0.0556. The fourth-order valence-electron chi connectivity index (χ4n) is 2.36. The van der Waals surface area contributed by atoms with Crippen molar-refractivity contribution in [2.24, 2.45) is 0 Å². The number of benzene rings is 2. The lowest BCUT2D eigenvalue weighted by Crippen LogP contribution is -2.24. The molecule has 0 heterocycles. The van der Waals surface area contributed by atoms with Crippen LogP contribution >= 0.6 is 0 Å². The summed E-state index contributed by atoms with van der Waals surface area (Å²) < 4.78 is 0. The predicted octanol–water partition coefficient (Wildman–Crippen LogP) is 3.10. The normalized spacial score (nSPS) is 21.6. The second kappa shape index (κ2) is 4.91. The van der Waals surface area contributed by atoms with E-state index < -0.39 is 5.60 Å². The van der Waals surface area contributed by atoms with Crippen molar-refractivity contribution in [3.05, 3.63) is 90.0 Å². The summed E-state index contributed by atoms with van der Waals surface area (Å²) in [7, 11) is 0. The van der Waals surface area contributed by atoms with E-state index in [1.54, 1.807) is 6.08 Å². The molecule has 1 aliphatic rings. The van der Waals surface area contributed by atoms with Gasteiger partial charge in [-0.1, -0.05) is 60.7 Å². The summed E-state index contributed by atoms with van der Waals surface area (Å²) in [5, 5.41) is 10.8. The van der Waals surface area contributed by atoms with Crippen molar-refractivity contribution >= 4 is 11.4 Å². The molecule has 0 radical (unpaired) electrons. The van der Waals surface area contributed by atoms with Crippen molar-refractivity contribution in [3.8, 4) is 0 Å². The van der Waals surface area contributed by atoms with Crippen molar-refractivity contribution in [1.29, 1.82) is 0 Å². The van der Waals surface area contributed by atoms with E-state index in [1.165, 1.54) is 12.2 Å². The third kappa shape index (κ3) is 2.22. The number of allylic oxidation sites excluding steroid dienone is 2. The zero-order valence-corrected chi connectivity index (χ0v) is 10.9. The first-order chi connectivity index (χ1) is 9.69. The SMILES string of the molecule is O=C1C=CC(O)(c2ccccc2)C=C1c1ccccc1. The number of carbonyl (C=O) groups excluding carboxylic acids is 1. The number of ketones is 1. The maximum Gasteiger partial charge on any atom is 0.186 e. The molecule has 20 heavy (non-hydrogen) atoms. The Morgan fingerprint density at radius 3 is 2.10 bits per heavy atom. The minimum atomic E-state index is -1.24. The monoisotopic (exact) mass is 262 g/mol. The van der Waals surface area contributed by atoms with Gasteiger partial charge in [-0.05, 0) is 29.4 Å². The second-order valence-electron chi connectivity index (χ2n) is 4.81. The van der Waals surface area contributed by atoms with Gasteiger partial charge in [0.1, 0.15) is 5.60 Å². The summed E-state index contributed by atoms with van der Waals surface area (Å²) in [6.07, 6.45) is 4.60. The lowest BCUT2D eigenvalue weighted by atomic mass is 9.84. The summed E-state index contributed by atoms with van der Waals surface area (Å²) >= 11 is 0. The second-order valence-corrected chi connectivity index (χ2v) is 4.81. The van der Waals surface area contributed by atoms with Crippen LogP contribution in [-0.4, -0.2) is 10.9 Å². The highest BCUT2D eigenvalue weighted by atomic mass is 16.3. The minimum absolute atomic E-state index is 0.0863. The van der Waals surface area contributed by atoms with Gasteiger partial charge in [0.05, 0.1) is 0 Å². The Kier molecular flexibility index (Phi) is 3.09. The molecule has 2 aromatic carbocycles. The quantitative estimate of drug-likeness (QED) is 0.903. The topological polar surface area (TPSA) is 37.3 Å². The molecule has 0 fully saturated rings. The molecule has 2 aromatic rings. The first kappa shape index (κ1) is 12.6. The van der Waals surface area contributed by atoms with Crippen LogP contribution in [0.1, 0.15) is 11.1 Å². The average molecular weight is 262 g/mol. The summed E-state index contributed by atoms with van der Waals surface area (Å²) in [4.78, 5) is 12.0. The fourth-order valence-corrected chi connectivity index (χ4v) is 2.36. The van der Waals surface area contributed by atoms with Crippen LogP contribution in [0.4, 0.5) is 0 Å². The summed E-state index contributed by atoms with van der Waals surface area (Å²) in [5.41, 5.74) is 0.855. The Hall–Kier alpha value is -2.45. The molecule has 0 saturated heterocycles. The summed E-state index contributed by atoms with van der Waals surface area (Å²) in [5.74, 6) is -0.0863. The average Bonchev–Trinajstić information content (AvgIpc) is 2.52. The van der Waals surface area contributed by atoms with Crippen LogP contribution in [0, 0.1) is 0 Å². The molecule has 1 unspecified atom stereocenters. The number of carbonyl (C=O) groups is 1. The van der Waals surface area contributed by atoms with Crippen molar-refractivity contribution in [2.75, 3.05) is 0 Å². The highest BCUT2D eigenvalue weighted by molar-refractivity contribution is 6.27. The molecule has 0 bridgehead atoms. The Bertz CT molecular complexity index is 684. The first-order valence-electron chi connectivity index (χ1n) is 6.49. The number of hydrogen-bond acceptors (Lipinski definition) is 2. The molecule has 2 heteroatoms. The van der Waals surface area contributed by atoms with E-state index in [4.69, 9.17) is 0 Å². The van der Waals surface area contributed by atoms with E-state index in [-0.39, 0.29) is 5.78 Å². The van der Waals surface area contributed by atoms with Gasteiger partial charge in [0.15, 0.2) is 5.78 Å². The van der Waals surface area contributed by atoms with Gasteiger partial charge in [-0.25, -0.2) is 0 Å². The number of rotatable bonds is 2. The van der Waals surface area contributed by atoms with E-state index in [1.807, 2.05) is 60.7 Å². The van der Waals surface area contributed by atoms with Crippen LogP contribution < -0.4 is 0 Å². The molecule has 3 rings (SSSR count). The minimum Gasteiger partial charge on any atom is -0.377 e. The third-order valence-electron chi connectivity index (χ3n) is 3.44. The van der Waals surface area contributed by atoms with Crippen LogP contribution in [0.2, 0.25) is 0 Å². The van der Waals surface area contributed by atoms with Gasteiger partial charge in [0, 0.05) is 5.57 Å². The predicted molar refractivity (Wildman–Crippen MR) is 78.9 cm³/mol. The van der Waals surface area contributed by atoms with Crippen LogP contribution in [0.15, 0.2) is 78.9 Å². The van der Waals surface area contributed by atoms with Gasteiger partial charge in [-0.2, -0.15) is 0 Å². The largest absolute Gasteiger partial charge is 0.377 e. The van der Waals surface area contributed by atoms with Crippen molar-refractivity contribution in [2.45, 2.75) is 5.60 Å². The molecule has 0 spiro atoms. The van der Waals surface area contributed by atoms with Crippen LogP contribution in [0.3, 0.4) is 0 Å². The van der Waals surface area contributed by atoms with Crippen molar-refractivity contribution in [3.63, 3.8) is 0 Å². The van der Waals surface area contributed by atoms with E-state index in [2.05, 4.69) is 0 Å². The summed E-state index contributed by atoms with van der Waals surface area (Å²) in [6.45, 7) is 0. The van der Waals surface area contributed by atoms with Crippen LogP contribution in [0.25, 0.3) is 5.57 Å². The number of aliphatic hydroxyl groups is 1. The third-order valence-corrected chi connectivity index (χ3v) is 3.44. The van der Waals surface area contributed by atoms with Crippen LogP contribution in [-0.2, 0) is 10.4 Å². The zero-order chi connectivity index (χ0) is 14.0. The lowest BCUT2D eigenvalue weighted by molar-refractivity contribution is -0.109. The Morgan fingerprint density at radius 1 is 0.850 bits per heavy atom. The maximum atomic E-state index is 12.0. The lowest BCUT2D eigenvalue weighted by Gasteiger charge is -2.25. The number of hydrogen-bond donors (Lipinski definition) is 1. The summed E-state index contributed by atoms with van der Waals surface area (Å²) in [6, 6.07) is 18.7. The van der Waals surface area contributed by atoms with Crippen molar-refractivity contribution in [1.82, 2.24) is 0 Å². The molecular weight excluding hydrogens is 248 g/mol. The van der Waals surface area contributed by atoms with Gasteiger partial charge >= 0.3 is 0 Å². The molecule has 1 atom stereocenters. The van der Waals surface area contributed by atoms with Gasteiger partial charge in [-0.15, -0.1) is 0 Å². The first-order valence-corrected chi connectivity index (χ1v) is 6.49. The van der Waals surface area contributed by atoms with Crippen LogP contribution in [0.5, 0.6) is 0 Å². The van der Waals surface area contributed by atoms with Crippen molar-refractivity contribution < 1.29 is 9.90 Å². The molecule has 1 N–H and O–H groups in total. The van der Waals surface area contributed by atoms with Gasteiger partial charge in [-0.3, -0.25) is 4.79 Å². The molecule has 0 aliphatic heterocycles. The van der Waals surface area contributed by atoms with Gasteiger partial charge < -0.3 is 5.11 Å². The van der Waals surface area contributed by atoms with E-state index in [9.17, 15) is 9.90 Å². The van der Waals surface area contributed by atoms with E-state index in [0.29, 0.717) is 5.57 Å². The maximum absolute atomic E-state index is 12.0. The molecule has 0 aromatic heterocycles. The smallest absolute Gasteiger partial charge is 0.186 e. The van der Waals surface area contributed by atoms with Gasteiger partial charge in [0.25, 0.3) is 0 Å². The highest BCUT2D eigenvalue weighted by Gasteiger charge is 2.29. The standard InChI is InChI=1S/C18H14O2/c19-17-11-12-18(20,15-9-5-2-6-10-15)13-16(17)14-7-3-1-4-8-14/h1-13,20H. The Morgan fingerprint density at radius 2 is 1.45 bits per heavy atom. The van der Waals surface area contributed by atoms with Gasteiger partial charge in [0.2, 0.25) is 0 Å². The highest BCUT2D eigenvalue weighted by Crippen LogP contribution is 2.32. The molecule has 1 aliphatic carbocycles. The molecule has 98 valence electrons. The molecule has 0 amide bonds. The Labute approximate surface area is 117 Å². The molecule has 2 nitrogen and oxygen atoms in total. The Balaban J connectivity index is 2.09.